The van der Waals surface area contributed by atoms with Crippen molar-refractivity contribution in [2.24, 2.45) is 11.8 Å². The van der Waals surface area contributed by atoms with Gasteiger partial charge in [-0.3, -0.25) is 10.00 Å². The van der Waals surface area contributed by atoms with Crippen molar-refractivity contribution < 1.29 is 0 Å². The lowest BCUT2D eigenvalue weighted by Gasteiger charge is -2.41. The molecule has 0 saturated carbocycles. The average molecular weight is 194 g/mol. The number of nitrogens with one attached hydrogen (secondary N) is 1. The molecule has 78 valence electrons. The van der Waals surface area contributed by atoms with Crippen molar-refractivity contribution in [2.45, 2.75) is 20.4 Å². The summed E-state index contributed by atoms with van der Waals surface area (Å²) in [5.41, 5.74) is 6.84. The summed E-state index contributed by atoms with van der Waals surface area (Å²) in [6.45, 7) is 7.90. The fourth-order valence-corrected chi connectivity index (χ4v) is 1.85. The molecule has 1 aliphatic heterocycles. The van der Waals surface area contributed by atoms with E-state index in [4.69, 9.17) is 5.73 Å². The first-order chi connectivity index (χ1) is 6.66. The number of nitrogen functional groups attached to an aromatic ring is 1. The molecule has 4 nitrogen and oxygen atoms in total. The molecule has 1 aliphatic rings. The van der Waals surface area contributed by atoms with Gasteiger partial charge >= 0.3 is 0 Å². The first kappa shape index (κ1) is 9.52. The van der Waals surface area contributed by atoms with Crippen LogP contribution in [0.25, 0.3) is 0 Å². The van der Waals surface area contributed by atoms with Gasteiger partial charge in [0.15, 0.2) is 0 Å². The molecule has 0 radical (unpaired) electrons. The van der Waals surface area contributed by atoms with E-state index in [2.05, 4.69) is 28.9 Å². The molecule has 2 rings (SSSR count). The summed E-state index contributed by atoms with van der Waals surface area (Å²) in [5.74, 6) is 2.37. The van der Waals surface area contributed by atoms with Crippen molar-refractivity contribution >= 4 is 5.82 Å². The van der Waals surface area contributed by atoms with Crippen LogP contribution in [0.4, 0.5) is 5.82 Å². The van der Waals surface area contributed by atoms with E-state index < -0.39 is 0 Å². The van der Waals surface area contributed by atoms with Gasteiger partial charge in [-0.2, -0.15) is 5.10 Å². The average Bonchev–Trinajstić information content (AvgIpc) is 2.42. The number of rotatable bonds is 3. The topological polar surface area (TPSA) is 57.9 Å². The van der Waals surface area contributed by atoms with Crippen LogP contribution in [0.2, 0.25) is 0 Å². The summed E-state index contributed by atoms with van der Waals surface area (Å²) in [4.78, 5) is 2.41. The van der Waals surface area contributed by atoms with Gasteiger partial charge in [-0.15, -0.1) is 0 Å². The zero-order valence-corrected chi connectivity index (χ0v) is 8.83. The fourth-order valence-electron chi connectivity index (χ4n) is 1.85. The molecular formula is C10H18N4. The predicted octanol–water partition coefficient (Wildman–Crippen LogP) is 1.08. The SMILES string of the molecule is CC(C)C1CN(Cc2cn[nH]c2N)C1. The maximum absolute atomic E-state index is 5.72. The smallest absolute Gasteiger partial charge is 0.123 e. The van der Waals surface area contributed by atoms with Crippen LogP contribution in [0.5, 0.6) is 0 Å². The van der Waals surface area contributed by atoms with Crippen LogP contribution < -0.4 is 5.73 Å². The Morgan fingerprint density at radius 2 is 2.36 bits per heavy atom. The third-order valence-electron chi connectivity index (χ3n) is 3.07. The Kier molecular flexibility index (Phi) is 2.46. The maximum atomic E-state index is 5.72. The second-order valence-corrected chi connectivity index (χ2v) is 4.51. The van der Waals surface area contributed by atoms with E-state index in [9.17, 15) is 0 Å². The third-order valence-corrected chi connectivity index (χ3v) is 3.07. The largest absolute Gasteiger partial charge is 0.384 e. The van der Waals surface area contributed by atoms with Crippen molar-refractivity contribution in [3.05, 3.63) is 11.8 Å². The Balaban J connectivity index is 1.82. The van der Waals surface area contributed by atoms with E-state index in [-0.39, 0.29) is 0 Å². The fraction of sp³-hybridized carbons (Fsp3) is 0.700. The molecule has 4 heteroatoms. The highest BCUT2D eigenvalue weighted by Crippen LogP contribution is 2.25. The number of hydrogen-bond donors (Lipinski definition) is 2. The predicted molar refractivity (Wildman–Crippen MR) is 56.6 cm³/mol. The van der Waals surface area contributed by atoms with Gasteiger partial charge < -0.3 is 5.73 Å². The van der Waals surface area contributed by atoms with Crippen LogP contribution in [0.1, 0.15) is 19.4 Å². The molecule has 1 aromatic rings. The van der Waals surface area contributed by atoms with Crippen LogP contribution >= 0.6 is 0 Å². The molecule has 1 fully saturated rings. The second kappa shape index (κ2) is 3.61. The number of likely N-dealkylation sites (tertiary alicyclic amines) is 1. The van der Waals surface area contributed by atoms with Gasteiger partial charge in [-0.05, 0) is 11.8 Å². The monoisotopic (exact) mass is 194 g/mol. The van der Waals surface area contributed by atoms with Crippen molar-refractivity contribution in [2.75, 3.05) is 18.8 Å². The van der Waals surface area contributed by atoms with E-state index in [1.165, 1.54) is 13.1 Å². The first-order valence-electron chi connectivity index (χ1n) is 5.17. The molecule has 1 aromatic heterocycles. The van der Waals surface area contributed by atoms with Crippen LogP contribution in [0.15, 0.2) is 6.20 Å². The highest BCUT2D eigenvalue weighted by Gasteiger charge is 2.29. The number of anilines is 1. The molecule has 1 saturated heterocycles. The second-order valence-electron chi connectivity index (χ2n) is 4.51. The normalized spacial score (nSPS) is 18.8. The first-order valence-corrected chi connectivity index (χ1v) is 5.17. The molecule has 0 aromatic carbocycles. The molecule has 14 heavy (non-hydrogen) atoms. The van der Waals surface area contributed by atoms with E-state index in [0.29, 0.717) is 5.82 Å². The minimum Gasteiger partial charge on any atom is -0.384 e. The Morgan fingerprint density at radius 3 is 2.86 bits per heavy atom. The van der Waals surface area contributed by atoms with E-state index in [0.717, 1.165) is 23.9 Å². The maximum Gasteiger partial charge on any atom is 0.123 e. The molecule has 0 amide bonds. The molecule has 0 unspecified atom stereocenters. The summed E-state index contributed by atoms with van der Waals surface area (Å²) in [6.07, 6.45) is 1.82. The quantitative estimate of drug-likeness (QED) is 0.757. The number of hydrogen-bond acceptors (Lipinski definition) is 3. The van der Waals surface area contributed by atoms with Crippen LogP contribution in [0, 0.1) is 11.8 Å². The Hall–Kier alpha value is -1.03. The molecule has 2 heterocycles. The zero-order chi connectivity index (χ0) is 10.1. The lowest BCUT2D eigenvalue weighted by atomic mass is 9.88. The summed E-state index contributed by atoms with van der Waals surface area (Å²) in [7, 11) is 0. The van der Waals surface area contributed by atoms with Crippen molar-refractivity contribution in [1.29, 1.82) is 0 Å². The Labute approximate surface area is 84.5 Å². The van der Waals surface area contributed by atoms with Crippen LogP contribution in [0.3, 0.4) is 0 Å². The number of nitrogens with two attached hydrogens (primary N) is 1. The third kappa shape index (κ3) is 1.75. The van der Waals surface area contributed by atoms with Crippen molar-refractivity contribution in [1.82, 2.24) is 15.1 Å². The van der Waals surface area contributed by atoms with Crippen molar-refractivity contribution in [3.63, 3.8) is 0 Å². The van der Waals surface area contributed by atoms with Crippen LogP contribution in [-0.2, 0) is 6.54 Å². The summed E-state index contributed by atoms with van der Waals surface area (Å²) >= 11 is 0. The number of nitrogens with zero attached hydrogens (tertiary/aromatic N) is 2. The van der Waals surface area contributed by atoms with Gasteiger partial charge in [0.25, 0.3) is 0 Å². The highest BCUT2D eigenvalue weighted by atomic mass is 15.2. The van der Waals surface area contributed by atoms with Gasteiger partial charge in [0.05, 0.1) is 6.20 Å². The molecule has 0 bridgehead atoms. The standard InChI is InChI=1S/C10H18N4/c1-7(2)9-5-14(6-9)4-8-3-12-13-10(8)11/h3,7,9H,4-6H2,1-2H3,(H3,11,12,13). The highest BCUT2D eigenvalue weighted by molar-refractivity contribution is 5.36. The molecular weight excluding hydrogens is 176 g/mol. The Morgan fingerprint density at radius 1 is 1.64 bits per heavy atom. The van der Waals surface area contributed by atoms with Gasteiger partial charge in [-0.25, -0.2) is 0 Å². The van der Waals surface area contributed by atoms with Gasteiger partial charge in [0.2, 0.25) is 0 Å². The van der Waals surface area contributed by atoms with Gasteiger partial charge in [0, 0.05) is 25.2 Å². The number of aromatic amines is 1. The van der Waals surface area contributed by atoms with E-state index >= 15 is 0 Å². The zero-order valence-electron chi connectivity index (χ0n) is 8.83. The summed E-state index contributed by atoms with van der Waals surface area (Å²) in [6, 6.07) is 0. The minimum absolute atomic E-state index is 0.706. The van der Waals surface area contributed by atoms with Gasteiger partial charge in [-0.1, -0.05) is 13.8 Å². The van der Waals surface area contributed by atoms with Gasteiger partial charge in [0.1, 0.15) is 5.82 Å². The molecule has 0 spiro atoms. The lowest BCUT2D eigenvalue weighted by molar-refractivity contribution is 0.0616. The van der Waals surface area contributed by atoms with Crippen LogP contribution in [-0.4, -0.2) is 28.2 Å². The van der Waals surface area contributed by atoms with Crippen molar-refractivity contribution in [3.8, 4) is 0 Å². The molecule has 3 N–H and O–H groups in total. The lowest BCUT2D eigenvalue weighted by Crippen LogP contribution is -2.48. The molecule has 0 atom stereocenters. The minimum atomic E-state index is 0.706. The molecule has 0 aliphatic carbocycles. The number of aromatic nitrogens is 2. The summed E-state index contributed by atoms with van der Waals surface area (Å²) < 4.78 is 0. The van der Waals surface area contributed by atoms with E-state index in [1.807, 2.05) is 6.20 Å². The summed E-state index contributed by atoms with van der Waals surface area (Å²) in [5, 5.41) is 6.67. The Bertz CT molecular complexity index is 299. The number of H-pyrrole nitrogens is 1. The van der Waals surface area contributed by atoms with E-state index in [1.54, 1.807) is 0 Å².